The normalized spacial score (nSPS) is 12.7. The Labute approximate surface area is 218 Å². The predicted octanol–water partition coefficient (Wildman–Crippen LogP) is 7.07. The molecule has 2 aromatic heterocycles. The SMILES string of the molecule is Cc1c(Cc2cccc(O[C@@H](C)C(=O)O)c2)c2cc(OC(F)(F)F)ccc2n1-c1noc2cc(Cl)ccc12. The highest BCUT2D eigenvalue weighted by molar-refractivity contribution is 6.31. The molecule has 0 fully saturated rings. The molecule has 0 aliphatic carbocycles. The maximum Gasteiger partial charge on any atom is 0.573 e. The number of hydrogen-bond acceptors (Lipinski definition) is 5. The molecule has 1 N–H and O–H groups in total. The number of ether oxygens (including phenoxy) is 2. The van der Waals surface area contributed by atoms with Gasteiger partial charge in [0.25, 0.3) is 0 Å². The summed E-state index contributed by atoms with van der Waals surface area (Å²) >= 11 is 6.08. The van der Waals surface area contributed by atoms with Gasteiger partial charge in [0.15, 0.2) is 17.5 Å². The first kappa shape index (κ1) is 25.5. The van der Waals surface area contributed by atoms with Gasteiger partial charge in [0.1, 0.15) is 11.5 Å². The molecule has 196 valence electrons. The number of rotatable bonds is 7. The molecule has 38 heavy (non-hydrogen) atoms. The highest BCUT2D eigenvalue weighted by Gasteiger charge is 2.31. The monoisotopic (exact) mass is 544 g/mol. The van der Waals surface area contributed by atoms with E-state index in [0.717, 1.165) is 16.8 Å². The number of nitrogens with zero attached hydrogens (tertiary/aromatic N) is 2. The topological polar surface area (TPSA) is 86.7 Å². The Balaban J connectivity index is 1.65. The lowest BCUT2D eigenvalue weighted by molar-refractivity contribution is -0.274. The Morgan fingerprint density at radius 3 is 2.63 bits per heavy atom. The number of fused-ring (bicyclic) bond motifs is 2. The molecule has 0 saturated heterocycles. The Morgan fingerprint density at radius 2 is 1.89 bits per heavy atom. The van der Waals surface area contributed by atoms with Crippen molar-refractivity contribution in [3.8, 4) is 17.3 Å². The van der Waals surface area contributed by atoms with Crippen molar-refractivity contribution in [3.63, 3.8) is 0 Å². The van der Waals surface area contributed by atoms with Gasteiger partial charge in [-0.3, -0.25) is 4.57 Å². The molecule has 0 saturated carbocycles. The highest BCUT2D eigenvalue weighted by atomic mass is 35.5. The van der Waals surface area contributed by atoms with Crippen molar-refractivity contribution in [1.82, 2.24) is 9.72 Å². The summed E-state index contributed by atoms with van der Waals surface area (Å²) in [5, 5.41) is 15.1. The zero-order valence-corrected chi connectivity index (χ0v) is 20.8. The van der Waals surface area contributed by atoms with E-state index in [1.807, 2.05) is 17.6 Å². The van der Waals surface area contributed by atoms with Crippen molar-refractivity contribution in [2.24, 2.45) is 0 Å². The van der Waals surface area contributed by atoms with Crippen LogP contribution in [0.25, 0.3) is 27.7 Å². The smallest absolute Gasteiger partial charge is 0.479 e. The predicted molar refractivity (Wildman–Crippen MR) is 134 cm³/mol. The number of hydrogen-bond donors (Lipinski definition) is 1. The van der Waals surface area contributed by atoms with Crippen LogP contribution in [0.15, 0.2) is 65.2 Å². The van der Waals surface area contributed by atoms with Crippen molar-refractivity contribution in [2.45, 2.75) is 32.7 Å². The first-order valence-electron chi connectivity index (χ1n) is 11.4. The molecule has 0 aliphatic heterocycles. The van der Waals surface area contributed by atoms with Gasteiger partial charge in [-0.2, -0.15) is 0 Å². The van der Waals surface area contributed by atoms with Crippen LogP contribution in [0.1, 0.15) is 23.7 Å². The van der Waals surface area contributed by atoms with Gasteiger partial charge in [0, 0.05) is 22.2 Å². The zero-order chi connectivity index (χ0) is 27.2. The molecule has 0 amide bonds. The fourth-order valence-electron chi connectivity index (χ4n) is 4.40. The van der Waals surface area contributed by atoms with Gasteiger partial charge in [0.05, 0.1) is 10.9 Å². The molecule has 0 aliphatic rings. The average Bonchev–Trinajstić information content (AvgIpc) is 3.36. The van der Waals surface area contributed by atoms with Gasteiger partial charge < -0.3 is 19.1 Å². The van der Waals surface area contributed by atoms with E-state index in [-0.39, 0.29) is 5.75 Å². The van der Waals surface area contributed by atoms with Crippen molar-refractivity contribution >= 4 is 39.4 Å². The fraction of sp³-hybridized carbons (Fsp3) is 0.185. The summed E-state index contributed by atoms with van der Waals surface area (Å²) < 4.78 is 56.0. The molecule has 5 aromatic rings. The van der Waals surface area contributed by atoms with Gasteiger partial charge in [0.2, 0.25) is 0 Å². The molecule has 0 unspecified atom stereocenters. The van der Waals surface area contributed by atoms with Crippen LogP contribution in [-0.2, 0) is 11.2 Å². The largest absolute Gasteiger partial charge is 0.573 e. The molecule has 3 aromatic carbocycles. The molecule has 0 radical (unpaired) electrons. The first-order valence-corrected chi connectivity index (χ1v) is 11.8. The van der Waals surface area contributed by atoms with Crippen LogP contribution in [0.5, 0.6) is 11.5 Å². The summed E-state index contributed by atoms with van der Waals surface area (Å²) in [5.74, 6) is -0.637. The fourth-order valence-corrected chi connectivity index (χ4v) is 4.56. The third-order valence-corrected chi connectivity index (χ3v) is 6.34. The van der Waals surface area contributed by atoms with Crippen LogP contribution in [-0.4, -0.2) is 33.3 Å². The van der Waals surface area contributed by atoms with Gasteiger partial charge in [-0.25, -0.2) is 4.79 Å². The molecule has 0 bridgehead atoms. The average molecular weight is 545 g/mol. The summed E-state index contributed by atoms with van der Waals surface area (Å²) in [6.07, 6.45) is -5.59. The first-order chi connectivity index (χ1) is 18.0. The Kier molecular flexibility index (Phi) is 6.44. The number of aromatic nitrogens is 2. The zero-order valence-electron chi connectivity index (χ0n) is 20.0. The second kappa shape index (κ2) is 9.60. The maximum atomic E-state index is 13.0. The van der Waals surface area contributed by atoms with E-state index < -0.39 is 18.4 Å². The van der Waals surface area contributed by atoms with E-state index in [0.29, 0.717) is 44.9 Å². The van der Waals surface area contributed by atoms with E-state index in [9.17, 15) is 18.0 Å². The number of carboxylic acid groups (broad SMARTS) is 1. The molecular formula is C27H20ClF3N2O5. The summed E-state index contributed by atoms with van der Waals surface area (Å²) in [4.78, 5) is 11.2. The van der Waals surface area contributed by atoms with Crippen LogP contribution < -0.4 is 9.47 Å². The maximum absolute atomic E-state index is 13.0. The number of alkyl halides is 3. The van der Waals surface area contributed by atoms with Gasteiger partial charge in [-0.1, -0.05) is 28.9 Å². The van der Waals surface area contributed by atoms with Gasteiger partial charge in [-0.15, -0.1) is 13.2 Å². The van der Waals surface area contributed by atoms with E-state index in [4.69, 9.17) is 26.0 Å². The minimum absolute atomic E-state index is 0.311. The molecular weight excluding hydrogens is 525 g/mol. The van der Waals surface area contributed by atoms with Crippen molar-refractivity contribution in [2.75, 3.05) is 0 Å². The quantitative estimate of drug-likeness (QED) is 0.236. The van der Waals surface area contributed by atoms with E-state index in [1.165, 1.54) is 25.1 Å². The highest BCUT2D eigenvalue weighted by Crippen LogP contribution is 2.37. The molecule has 2 heterocycles. The lowest BCUT2D eigenvalue weighted by Gasteiger charge is -2.12. The van der Waals surface area contributed by atoms with E-state index in [1.54, 1.807) is 36.4 Å². The van der Waals surface area contributed by atoms with E-state index >= 15 is 0 Å². The third-order valence-electron chi connectivity index (χ3n) is 6.11. The standard InChI is InChI=1S/C27H20ClF3N2O5/c1-14-21(11-16-4-3-5-18(10-16)36-15(2)26(34)35)22-13-19(37-27(29,30)31)7-9-23(22)33(14)25-20-8-6-17(28)12-24(20)38-32-25/h3-10,12-13,15H,11H2,1-2H3,(H,34,35)/t15-/m0/s1. The van der Waals surface area contributed by atoms with Crippen molar-refractivity contribution in [3.05, 3.63) is 82.5 Å². The molecule has 0 spiro atoms. The minimum atomic E-state index is -4.85. The Bertz CT molecular complexity index is 1680. The van der Waals surface area contributed by atoms with Crippen LogP contribution in [0.4, 0.5) is 13.2 Å². The lowest BCUT2D eigenvalue weighted by atomic mass is 10.0. The molecule has 5 rings (SSSR count). The second-order valence-electron chi connectivity index (χ2n) is 8.70. The Morgan fingerprint density at radius 1 is 1.11 bits per heavy atom. The van der Waals surface area contributed by atoms with Crippen LogP contribution in [0.2, 0.25) is 5.02 Å². The summed E-state index contributed by atoms with van der Waals surface area (Å²) in [6.45, 7) is 3.26. The summed E-state index contributed by atoms with van der Waals surface area (Å²) in [7, 11) is 0. The van der Waals surface area contributed by atoms with Gasteiger partial charge in [-0.05, 0) is 73.9 Å². The molecule has 1 atom stereocenters. The van der Waals surface area contributed by atoms with Crippen LogP contribution in [0, 0.1) is 6.92 Å². The summed E-state index contributed by atoms with van der Waals surface area (Å²) in [6, 6.07) is 16.1. The second-order valence-corrected chi connectivity index (χ2v) is 9.13. The number of carbonyl (C=O) groups is 1. The van der Waals surface area contributed by atoms with Crippen molar-refractivity contribution in [1.29, 1.82) is 0 Å². The number of benzene rings is 3. The molecule has 7 nitrogen and oxygen atoms in total. The van der Waals surface area contributed by atoms with E-state index in [2.05, 4.69) is 9.89 Å². The Hall–Kier alpha value is -4.18. The number of aliphatic carboxylic acids is 1. The van der Waals surface area contributed by atoms with Crippen LogP contribution in [0.3, 0.4) is 0 Å². The number of halogens is 4. The number of carboxylic acids is 1. The van der Waals surface area contributed by atoms with Crippen LogP contribution >= 0.6 is 11.6 Å². The minimum Gasteiger partial charge on any atom is -0.479 e. The van der Waals surface area contributed by atoms with Crippen molar-refractivity contribution < 1.29 is 37.1 Å². The lowest BCUT2D eigenvalue weighted by Crippen LogP contribution is -2.22. The molecule has 11 heteroatoms. The van der Waals surface area contributed by atoms with Gasteiger partial charge >= 0.3 is 12.3 Å². The summed E-state index contributed by atoms with van der Waals surface area (Å²) in [5.41, 5.74) is 3.27. The third kappa shape index (κ3) is 4.99.